The Kier molecular flexibility index (Phi) is 3.53. The fourth-order valence-electron chi connectivity index (χ4n) is 3.76. The standard InChI is InChI=1S/C17H19N5O3S/c1-17(2)7-9-10(8-25-17)14(22-3-5-24-6-4-22)18-16-11(9)12-13(26-16)15(23)20-21-19-12/h3-8H2,1-2H3,(H,19,20,23). The second-order valence-corrected chi connectivity index (χ2v) is 8.32. The second kappa shape index (κ2) is 5.70. The van der Waals surface area contributed by atoms with Gasteiger partial charge in [0.05, 0.1) is 25.4 Å². The highest BCUT2D eigenvalue weighted by atomic mass is 32.1. The molecule has 9 heteroatoms. The number of hydrogen-bond acceptors (Lipinski definition) is 8. The smallest absolute Gasteiger partial charge is 0.285 e. The van der Waals surface area contributed by atoms with Gasteiger partial charge in [0.25, 0.3) is 5.56 Å². The minimum absolute atomic E-state index is 0.217. The number of rotatable bonds is 1. The van der Waals surface area contributed by atoms with Gasteiger partial charge in [-0.15, -0.1) is 16.4 Å². The number of anilines is 1. The zero-order valence-corrected chi connectivity index (χ0v) is 15.5. The first-order valence-corrected chi connectivity index (χ1v) is 9.51. The lowest BCUT2D eigenvalue weighted by Crippen LogP contribution is -2.39. The van der Waals surface area contributed by atoms with Crippen LogP contribution in [0.3, 0.4) is 0 Å². The highest BCUT2D eigenvalue weighted by molar-refractivity contribution is 7.25. The highest BCUT2D eigenvalue weighted by Crippen LogP contribution is 2.41. The van der Waals surface area contributed by atoms with Crippen LogP contribution >= 0.6 is 11.3 Å². The summed E-state index contributed by atoms with van der Waals surface area (Å²) in [5, 5.41) is 11.4. The Hall–Kier alpha value is -2.10. The summed E-state index contributed by atoms with van der Waals surface area (Å²) in [5.41, 5.74) is 2.43. The molecule has 0 bridgehead atoms. The van der Waals surface area contributed by atoms with Crippen LogP contribution in [0.5, 0.6) is 0 Å². The van der Waals surface area contributed by atoms with Gasteiger partial charge in [-0.3, -0.25) is 4.79 Å². The van der Waals surface area contributed by atoms with E-state index in [1.807, 2.05) is 0 Å². The Morgan fingerprint density at radius 1 is 1.23 bits per heavy atom. The normalized spacial score (nSPS) is 19.8. The number of pyridine rings is 1. The molecule has 0 aliphatic carbocycles. The van der Waals surface area contributed by atoms with Gasteiger partial charge in [-0.2, -0.15) is 0 Å². The highest BCUT2D eigenvalue weighted by Gasteiger charge is 2.33. The molecule has 0 atom stereocenters. The van der Waals surface area contributed by atoms with Crippen LogP contribution in [0, 0.1) is 0 Å². The number of fused-ring (bicyclic) bond motifs is 5. The number of thiophene rings is 1. The van der Waals surface area contributed by atoms with Gasteiger partial charge in [-0.05, 0) is 19.4 Å². The van der Waals surface area contributed by atoms with Crippen LogP contribution in [0.1, 0.15) is 25.0 Å². The molecular weight excluding hydrogens is 354 g/mol. The molecule has 1 saturated heterocycles. The largest absolute Gasteiger partial charge is 0.378 e. The first-order valence-electron chi connectivity index (χ1n) is 8.69. The third-order valence-electron chi connectivity index (χ3n) is 5.04. The van der Waals surface area contributed by atoms with Crippen LogP contribution in [-0.2, 0) is 22.5 Å². The van der Waals surface area contributed by atoms with E-state index in [1.54, 1.807) is 0 Å². The van der Waals surface area contributed by atoms with Crippen molar-refractivity contribution >= 4 is 37.6 Å². The van der Waals surface area contributed by atoms with E-state index in [4.69, 9.17) is 14.5 Å². The van der Waals surface area contributed by atoms with Crippen LogP contribution in [0.4, 0.5) is 5.82 Å². The number of aromatic amines is 1. The van der Waals surface area contributed by atoms with E-state index in [-0.39, 0.29) is 11.2 Å². The van der Waals surface area contributed by atoms with Crippen LogP contribution in [0.15, 0.2) is 4.79 Å². The van der Waals surface area contributed by atoms with Gasteiger partial charge in [0.2, 0.25) is 0 Å². The molecule has 0 unspecified atom stereocenters. The van der Waals surface area contributed by atoms with Crippen molar-refractivity contribution in [1.82, 2.24) is 20.4 Å². The summed E-state index contributed by atoms with van der Waals surface area (Å²) in [6.45, 7) is 7.68. The van der Waals surface area contributed by atoms with Gasteiger partial charge >= 0.3 is 0 Å². The molecule has 136 valence electrons. The molecule has 5 rings (SSSR count). The van der Waals surface area contributed by atoms with E-state index in [0.717, 1.165) is 41.1 Å². The van der Waals surface area contributed by atoms with Gasteiger partial charge < -0.3 is 14.4 Å². The molecule has 0 aromatic carbocycles. The fourth-order valence-corrected chi connectivity index (χ4v) is 4.78. The van der Waals surface area contributed by atoms with Crippen LogP contribution in [0.25, 0.3) is 20.4 Å². The predicted octanol–water partition coefficient (Wildman–Crippen LogP) is 1.62. The Morgan fingerprint density at radius 2 is 2.04 bits per heavy atom. The monoisotopic (exact) mass is 373 g/mol. The van der Waals surface area contributed by atoms with Crippen molar-refractivity contribution in [1.29, 1.82) is 0 Å². The van der Waals surface area contributed by atoms with E-state index in [9.17, 15) is 4.79 Å². The number of ether oxygens (including phenoxy) is 2. The van der Waals surface area contributed by atoms with Crippen molar-refractivity contribution in [3.05, 3.63) is 21.5 Å². The Labute approximate surface area is 153 Å². The summed E-state index contributed by atoms with van der Waals surface area (Å²) >= 11 is 1.38. The van der Waals surface area contributed by atoms with Gasteiger partial charge in [-0.25, -0.2) is 10.1 Å². The molecule has 3 aromatic rings. The quantitative estimate of drug-likeness (QED) is 0.693. The van der Waals surface area contributed by atoms with E-state index in [1.165, 1.54) is 16.9 Å². The molecule has 1 N–H and O–H groups in total. The first kappa shape index (κ1) is 16.1. The Morgan fingerprint density at radius 3 is 2.85 bits per heavy atom. The first-order chi connectivity index (χ1) is 12.5. The zero-order valence-electron chi connectivity index (χ0n) is 14.7. The molecule has 0 radical (unpaired) electrons. The molecule has 2 aliphatic heterocycles. The molecule has 26 heavy (non-hydrogen) atoms. The molecule has 2 aliphatic rings. The summed E-state index contributed by atoms with van der Waals surface area (Å²) in [5.74, 6) is 0.947. The van der Waals surface area contributed by atoms with Crippen LogP contribution in [0.2, 0.25) is 0 Å². The van der Waals surface area contributed by atoms with E-state index in [2.05, 4.69) is 34.2 Å². The van der Waals surface area contributed by atoms with Gasteiger partial charge in [-0.1, -0.05) is 5.21 Å². The van der Waals surface area contributed by atoms with Crippen molar-refractivity contribution < 1.29 is 9.47 Å². The molecule has 0 saturated carbocycles. The van der Waals surface area contributed by atoms with E-state index >= 15 is 0 Å². The summed E-state index contributed by atoms with van der Waals surface area (Å²) in [4.78, 5) is 20.2. The maximum atomic E-state index is 12.2. The van der Waals surface area contributed by atoms with Crippen molar-refractivity contribution in [2.45, 2.75) is 32.5 Å². The summed E-state index contributed by atoms with van der Waals surface area (Å²) < 4.78 is 12.2. The Balaban J connectivity index is 1.83. The summed E-state index contributed by atoms with van der Waals surface area (Å²) in [6, 6.07) is 0. The van der Waals surface area contributed by atoms with Crippen LogP contribution in [-0.4, -0.2) is 52.3 Å². The van der Waals surface area contributed by atoms with Crippen molar-refractivity contribution in [3.8, 4) is 0 Å². The van der Waals surface area contributed by atoms with E-state index in [0.29, 0.717) is 30.0 Å². The van der Waals surface area contributed by atoms with Gasteiger partial charge in [0, 0.05) is 30.5 Å². The zero-order chi connectivity index (χ0) is 17.9. The SMILES string of the molecule is CC1(C)Cc2c(c(N3CCOCC3)nc3sc4c(=O)[nH]nnc4c23)CO1. The summed E-state index contributed by atoms with van der Waals surface area (Å²) in [7, 11) is 0. The lowest BCUT2D eigenvalue weighted by atomic mass is 9.90. The average molecular weight is 373 g/mol. The third kappa shape index (κ3) is 2.42. The third-order valence-corrected chi connectivity index (χ3v) is 6.11. The number of nitrogens with one attached hydrogen (secondary N) is 1. The molecule has 3 aromatic heterocycles. The lowest BCUT2D eigenvalue weighted by Gasteiger charge is -2.36. The molecule has 5 heterocycles. The van der Waals surface area contributed by atoms with Crippen molar-refractivity contribution in [3.63, 3.8) is 0 Å². The fraction of sp³-hybridized carbons (Fsp3) is 0.529. The lowest BCUT2D eigenvalue weighted by molar-refractivity contribution is -0.0396. The van der Waals surface area contributed by atoms with Gasteiger partial charge in [0.1, 0.15) is 20.9 Å². The minimum atomic E-state index is -0.271. The average Bonchev–Trinajstić information content (AvgIpc) is 3.01. The number of aromatic nitrogens is 4. The van der Waals surface area contributed by atoms with Crippen molar-refractivity contribution in [2.75, 3.05) is 31.2 Å². The number of morpholine rings is 1. The van der Waals surface area contributed by atoms with Crippen LogP contribution < -0.4 is 10.5 Å². The summed E-state index contributed by atoms with van der Waals surface area (Å²) in [6.07, 6.45) is 0.749. The molecule has 0 spiro atoms. The van der Waals surface area contributed by atoms with Crippen molar-refractivity contribution in [2.24, 2.45) is 0 Å². The molecular formula is C17H19N5O3S. The topological polar surface area (TPSA) is 93.2 Å². The van der Waals surface area contributed by atoms with E-state index < -0.39 is 0 Å². The van der Waals surface area contributed by atoms with Gasteiger partial charge in [0.15, 0.2) is 0 Å². The molecule has 8 nitrogen and oxygen atoms in total. The number of H-pyrrole nitrogens is 1. The minimum Gasteiger partial charge on any atom is -0.378 e. The molecule has 1 fully saturated rings. The maximum absolute atomic E-state index is 12.2. The number of nitrogens with zero attached hydrogens (tertiary/aromatic N) is 4. The Bertz CT molecular complexity index is 1070. The predicted molar refractivity (Wildman–Crippen MR) is 98.9 cm³/mol. The number of hydrogen-bond donors (Lipinski definition) is 1. The second-order valence-electron chi connectivity index (χ2n) is 7.32. The maximum Gasteiger partial charge on any atom is 0.285 e. The molecule has 0 amide bonds.